The summed E-state index contributed by atoms with van der Waals surface area (Å²) in [6, 6.07) is 3.13. The molecular formula is C13H11N3O5. The van der Waals surface area contributed by atoms with Gasteiger partial charge in [-0.3, -0.25) is 10.1 Å². The van der Waals surface area contributed by atoms with Gasteiger partial charge in [-0.2, -0.15) is 0 Å². The molecule has 0 unspecified atom stereocenters. The summed E-state index contributed by atoms with van der Waals surface area (Å²) in [6.45, 7) is 3.42. The van der Waals surface area contributed by atoms with E-state index < -0.39 is 10.9 Å². The van der Waals surface area contributed by atoms with Crippen molar-refractivity contribution in [2.45, 2.75) is 13.8 Å². The van der Waals surface area contributed by atoms with Crippen molar-refractivity contribution in [2.75, 3.05) is 0 Å². The third-order valence-corrected chi connectivity index (χ3v) is 2.65. The molecule has 8 heteroatoms. The van der Waals surface area contributed by atoms with Gasteiger partial charge in [0.15, 0.2) is 5.69 Å². The van der Waals surface area contributed by atoms with Crippen LogP contribution in [0.25, 0.3) is 0 Å². The van der Waals surface area contributed by atoms with Gasteiger partial charge in [0, 0.05) is 6.07 Å². The summed E-state index contributed by atoms with van der Waals surface area (Å²) in [4.78, 5) is 28.6. The zero-order valence-electron chi connectivity index (χ0n) is 11.2. The lowest BCUT2D eigenvalue weighted by Gasteiger charge is -2.09. The van der Waals surface area contributed by atoms with Crippen LogP contribution in [0.1, 0.15) is 21.6 Å². The standard InChI is InChI=1S/C13H11N3O5/c1-7-3-8(2)12(10(4-7)16(19)20)21-11-6-14-9(5-15-11)13(17)18/h3-6H,1-2H3,(H,17,18). The number of carboxylic acids is 1. The largest absolute Gasteiger partial charge is 0.476 e. The number of benzene rings is 1. The van der Waals surface area contributed by atoms with E-state index in [1.807, 2.05) is 0 Å². The van der Waals surface area contributed by atoms with E-state index in [2.05, 4.69) is 9.97 Å². The number of aromatic carboxylic acids is 1. The van der Waals surface area contributed by atoms with Crippen LogP contribution in [0.5, 0.6) is 11.6 Å². The Labute approximate surface area is 119 Å². The number of nitro groups is 1. The maximum absolute atomic E-state index is 11.1. The molecule has 0 saturated heterocycles. The fourth-order valence-electron chi connectivity index (χ4n) is 1.78. The van der Waals surface area contributed by atoms with Gasteiger partial charge in [0.25, 0.3) is 0 Å². The molecule has 0 aliphatic carbocycles. The predicted molar refractivity (Wildman–Crippen MR) is 71.6 cm³/mol. The highest BCUT2D eigenvalue weighted by Crippen LogP contribution is 2.34. The molecule has 2 rings (SSSR count). The number of aromatic nitrogens is 2. The number of carbonyl (C=O) groups is 1. The molecule has 1 heterocycles. The SMILES string of the molecule is Cc1cc(C)c(Oc2cnc(C(=O)O)cn2)c([N+](=O)[O-])c1. The molecule has 1 N–H and O–H groups in total. The highest BCUT2D eigenvalue weighted by atomic mass is 16.6. The summed E-state index contributed by atoms with van der Waals surface area (Å²) in [6.07, 6.45) is 2.12. The molecule has 1 aromatic carbocycles. The number of carboxylic acid groups (broad SMARTS) is 1. The molecule has 2 aromatic rings. The summed E-state index contributed by atoms with van der Waals surface area (Å²) in [5.41, 5.74) is 0.888. The van der Waals surface area contributed by atoms with Crippen molar-refractivity contribution < 1.29 is 19.6 Å². The maximum Gasteiger partial charge on any atom is 0.356 e. The fraction of sp³-hybridized carbons (Fsp3) is 0.154. The first-order valence-electron chi connectivity index (χ1n) is 5.87. The van der Waals surface area contributed by atoms with E-state index in [-0.39, 0.29) is 23.0 Å². The van der Waals surface area contributed by atoms with Crippen molar-refractivity contribution in [3.8, 4) is 11.6 Å². The first-order chi connectivity index (χ1) is 9.88. The van der Waals surface area contributed by atoms with E-state index in [4.69, 9.17) is 9.84 Å². The smallest absolute Gasteiger partial charge is 0.356 e. The van der Waals surface area contributed by atoms with Gasteiger partial charge in [-0.15, -0.1) is 0 Å². The van der Waals surface area contributed by atoms with Gasteiger partial charge in [0.2, 0.25) is 11.6 Å². The van der Waals surface area contributed by atoms with E-state index in [1.165, 1.54) is 6.07 Å². The topological polar surface area (TPSA) is 115 Å². The number of nitro benzene ring substituents is 1. The Hall–Kier alpha value is -3.03. The van der Waals surface area contributed by atoms with E-state index >= 15 is 0 Å². The molecule has 0 fully saturated rings. The van der Waals surface area contributed by atoms with Crippen molar-refractivity contribution in [1.82, 2.24) is 9.97 Å². The van der Waals surface area contributed by atoms with Crippen LogP contribution in [-0.2, 0) is 0 Å². The van der Waals surface area contributed by atoms with Crippen molar-refractivity contribution in [1.29, 1.82) is 0 Å². The van der Waals surface area contributed by atoms with Crippen molar-refractivity contribution >= 4 is 11.7 Å². The number of hydrogen-bond donors (Lipinski definition) is 1. The minimum atomic E-state index is -1.22. The number of aryl methyl sites for hydroxylation is 2. The quantitative estimate of drug-likeness (QED) is 0.678. The number of hydrogen-bond acceptors (Lipinski definition) is 6. The average molecular weight is 289 g/mol. The monoisotopic (exact) mass is 289 g/mol. The third-order valence-electron chi connectivity index (χ3n) is 2.65. The van der Waals surface area contributed by atoms with Crippen LogP contribution in [0.3, 0.4) is 0 Å². The summed E-state index contributed by atoms with van der Waals surface area (Å²) in [7, 11) is 0. The van der Waals surface area contributed by atoms with Crippen molar-refractivity contribution in [3.05, 3.63) is 51.5 Å². The van der Waals surface area contributed by atoms with Gasteiger partial charge in [0.05, 0.1) is 17.3 Å². The molecular weight excluding hydrogens is 278 g/mol. The first kappa shape index (κ1) is 14.4. The number of rotatable bonds is 4. The Bertz CT molecular complexity index is 712. The number of nitrogens with zero attached hydrogens (tertiary/aromatic N) is 3. The molecule has 0 amide bonds. The molecule has 0 radical (unpaired) electrons. The van der Waals surface area contributed by atoms with Crippen LogP contribution in [0.2, 0.25) is 0 Å². The van der Waals surface area contributed by atoms with Crippen LogP contribution >= 0.6 is 0 Å². The first-order valence-corrected chi connectivity index (χ1v) is 5.87. The molecule has 108 valence electrons. The van der Waals surface area contributed by atoms with Gasteiger partial charge in [-0.1, -0.05) is 6.07 Å². The zero-order chi connectivity index (χ0) is 15.6. The molecule has 0 bridgehead atoms. The van der Waals surface area contributed by atoms with Crippen LogP contribution in [-0.4, -0.2) is 26.0 Å². The fourth-order valence-corrected chi connectivity index (χ4v) is 1.78. The Balaban J connectivity index is 2.39. The lowest BCUT2D eigenvalue weighted by Crippen LogP contribution is -2.02. The molecule has 0 aliphatic heterocycles. The Morgan fingerprint density at radius 1 is 1.29 bits per heavy atom. The van der Waals surface area contributed by atoms with Gasteiger partial charge in [-0.05, 0) is 25.0 Å². The summed E-state index contributed by atoms with van der Waals surface area (Å²) < 4.78 is 5.38. The maximum atomic E-state index is 11.1. The summed E-state index contributed by atoms with van der Waals surface area (Å²) >= 11 is 0. The van der Waals surface area contributed by atoms with Crippen molar-refractivity contribution in [3.63, 3.8) is 0 Å². The lowest BCUT2D eigenvalue weighted by molar-refractivity contribution is -0.385. The van der Waals surface area contributed by atoms with E-state index in [9.17, 15) is 14.9 Å². The summed E-state index contributed by atoms with van der Waals surface area (Å²) in [5, 5.41) is 19.8. The molecule has 0 saturated carbocycles. The third kappa shape index (κ3) is 3.11. The second-order valence-electron chi connectivity index (χ2n) is 4.33. The molecule has 8 nitrogen and oxygen atoms in total. The van der Waals surface area contributed by atoms with Crippen LogP contribution < -0.4 is 4.74 Å². The normalized spacial score (nSPS) is 10.2. The highest BCUT2D eigenvalue weighted by molar-refractivity contribution is 5.84. The van der Waals surface area contributed by atoms with Crippen LogP contribution in [0, 0.1) is 24.0 Å². The van der Waals surface area contributed by atoms with Gasteiger partial charge in [0.1, 0.15) is 0 Å². The molecule has 0 spiro atoms. The van der Waals surface area contributed by atoms with E-state index in [0.717, 1.165) is 18.0 Å². The average Bonchev–Trinajstić information content (AvgIpc) is 2.41. The Kier molecular flexibility index (Phi) is 3.79. The summed E-state index contributed by atoms with van der Waals surface area (Å²) in [5.74, 6) is -1.18. The lowest BCUT2D eigenvalue weighted by atomic mass is 10.1. The zero-order valence-corrected chi connectivity index (χ0v) is 11.2. The second kappa shape index (κ2) is 5.53. The Morgan fingerprint density at radius 2 is 2.00 bits per heavy atom. The van der Waals surface area contributed by atoms with E-state index in [0.29, 0.717) is 5.56 Å². The molecule has 1 aromatic heterocycles. The van der Waals surface area contributed by atoms with Crippen LogP contribution in [0.4, 0.5) is 5.69 Å². The number of ether oxygens (including phenoxy) is 1. The molecule has 21 heavy (non-hydrogen) atoms. The minimum Gasteiger partial charge on any atom is -0.476 e. The molecule has 0 aliphatic rings. The molecule has 0 atom stereocenters. The minimum absolute atomic E-state index is 0.0185. The van der Waals surface area contributed by atoms with Gasteiger partial charge in [-0.25, -0.2) is 14.8 Å². The van der Waals surface area contributed by atoms with Crippen LogP contribution in [0.15, 0.2) is 24.5 Å². The van der Waals surface area contributed by atoms with Gasteiger partial charge >= 0.3 is 11.7 Å². The Morgan fingerprint density at radius 3 is 2.52 bits per heavy atom. The van der Waals surface area contributed by atoms with Gasteiger partial charge < -0.3 is 9.84 Å². The van der Waals surface area contributed by atoms with E-state index in [1.54, 1.807) is 19.9 Å². The second-order valence-corrected chi connectivity index (χ2v) is 4.33. The highest BCUT2D eigenvalue weighted by Gasteiger charge is 2.20. The predicted octanol–water partition coefficient (Wildman–Crippen LogP) is 2.49. The van der Waals surface area contributed by atoms with Crippen molar-refractivity contribution in [2.24, 2.45) is 0 Å².